The molecule has 0 bridgehead atoms. The van der Waals surface area contributed by atoms with Crippen LogP contribution in [0.3, 0.4) is 0 Å². The minimum atomic E-state index is 0.309. The van der Waals surface area contributed by atoms with E-state index in [-0.39, 0.29) is 0 Å². The van der Waals surface area contributed by atoms with E-state index < -0.39 is 0 Å². The Morgan fingerprint density at radius 3 is 2.93 bits per heavy atom. The summed E-state index contributed by atoms with van der Waals surface area (Å²) in [5, 5.41) is 11.8. The maximum Gasteiger partial charge on any atom is 0.125 e. The average Bonchev–Trinajstić information content (AvgIpc) is 2.56. The predicted octanol–water partition coefficient (Wildman–Crippen LogP) is 2.92. The fraction of sp³-hybridized carbons (Fsp3) is 0.0833. The Hall–Kier alpha value is -1.83. The lowest BCUT2D eigenvalue weighted by atomic mass is 10.0. The van der Waals surface area contributed by atoms with E-state index in [1.165, 1.54) is 5.56 Å². The summed E-state index contributed by atoms with van der Waals surface area (Å²) in [4.78, 5) is 4.28. The van der Waals surface area contributed by atoms with Gasteiger partial charge in [-0.25, -0.2) is 0 Å². The molecule has 1 N–H and O–H groups in total. The largest absolute Gasteiger partial charge is 0.507 e. The van der Waals surface area contributed by atoms with E-state index in [1.54, 1.807) is 12.3 Å². The maximum absolute atomic E-state index is 9.62. The maximum atomic E-state index is 9.62. The van der Waals surface area contributed by atoms with Crippen molar-refractivity contribution in [2.45, 2.75) is 6.92 Å². The van der Waals surface area contributed by atoms with E-state index in [4.69, 9.17) is 0 Å². The van der Waals surface area contributed by atoms with Crippen molar-refractivity contribution in [1.82, 2.24) is 0 Å². The highest BCUT2D eigenvalue weighted by Gasteiger charge is 2.13. The van der Waals surface area contributed by atoms with Crippen LogP contribution in [-0.2, 0) is 0 Å². The molecule has 2 aromatic carbocycles. The van der Waals surface area contributed by atoms with Gasteiger partial charge in [-0.15, -0.1) is 0 Å². The molecule has 0 saturated carbocycles. The molecule has 0 fully saturated rings. The topological polar surface area (TPSA) is 32.6 Å². The monoisotopic (exact) mass is 183 g/mol. The molecule has 3 rings (SSSR count). The van der Waals surface area contributed by atoms with Crippen LogP contribution in [0.5, 0.6) is 5.75 Å². The van der Waals surface area contributed by atoms with Crippen molar-refractivity contribution in [2.24, 2.45) is 4.99 Å². The predicted molar refractivity (Wildman–Crippen MR) is 57.6 cm³/mol. The van der Waals surface area contributed by atoms with Crippen molar-refractivity contribution in [3.8, 4) is 5.75 Å². The molecule has 0 unspecified atom stereocenters. The van der Waals surface area contributed by atoms with Crippen LogP contribution in [-0.4, -0.2) is 11.3 Å². The minimum absolute atomic E-state index is 0.309. The van der Waals surface area contributed by atoms with Crippen molar-refractivity contribution in [3.05, 3.63) is 35.4 Å². The van der Waals surface area contributed by atoms with Gasteiger partial charge in [0.2, 0.25) is 0 Å². The zero-order valence-electron chi connectivity index (χ0n) is 7.78. The molecule has 0 amide bonds. The lowest BCUT2D eigenvalue weighted by Gasteiger charge is -2.03. The Balaban J connectivity index is 2.58. The number of phenols is 1. The number of hydrogen-bond donors (Lipinski definition) is 1. The normalized spacial score (nSPS) is 12.6. The van der Waals surface area contributed by atoms with Crippen molar-refractivity contribution in [1.29, 1.82) is 0 Å². The summed E-state index contributed by atoms with van der Waals surface area (Å²) in [6.45, 7) is 2.05. The summed E-state index contributed by atoms with van der Waals surface area (Å²) in [6.07, 6.45) is 1.73. The first kappa shape index (κ1) is 7.56. The lowest BCUT2D eigenvalue weighted by molar-refractivity contribution is 0.475. The molecule has 0 aliphatic carbocycles. The van der Waals surface area contributed by atoms with Crippen LogP contribution in [0.15, 0.2) is 29.3 Å². The molecular formula is C12H9NO. The number of rotatable bonds is 0. The van der Waals surface area contributed by atoms with Gasteiger partial charge < -0.3 is 5.11 Å². The van der Waals surface area contributed by atoms with Gasteiger partial charge >= 0.3 is 0 Å². The van der Waals surface area contributed by atoms with Gasteiger partial charge in [-0.2, -0.15) is 0 Å². The quantitative estimate of drug-likeness (QED) is 0.571. The van der Waals surface area contributed by atoms with E-state index in [9.17, 15) is 5.11 Å². The molecule has 14 heavy (non-hydrogen) atoms. The summed E-state index contributed by atoms with van der Waals surface area (Å²) in [5.74, 6) is 0.309. The Kier molecular flexibility index (Phi) is 1.27. The van der Waals surface area contributed by atoms with Gasteiger partial charge in [-0.05, 0) is 30.0 Å². The van der Waals surface area contributed by atoms with Crippen LogP contribution in [0, 0.1) is 6.92 Å². The molecular weight excluding hydrogens is 174 g/mol. The van der Waals surface area contributed by atoms with Crippen LogP contribution in [0.25, 0.3) is 10.8 Å². The molecule has 2 heteroatoms. The second kappa shape index (κ2) is 2.35. The summed E-state index contributed by atoms with van der Waals surface area (Å²) in [5.41, 5.74) is 3.01. The molecule has 2 nitrogen and oxygen atoms in total. The highest BCUT2D eigenvalue weighted by molar-refractivity contribution is 6.13. The molecule has 1 heterocycles. The van der Waals surface area contributed by atoms with Gasteiger partial charge in [0.1, 0.15) is 5.75 Å². The molecule has 1 aliphatic rings. The molecule has 0 radical (unpaired) electrons. The van der Waals surface area contributed by atoms with Gasteiger partial charge in [0.15, 0.2) is 0 Å². The zero-order chi connectivity index (χ0) is 9.71. The number of benzene rings is 2. The number of aliphatic imine (C=N–C) groups is 1. The second-order valence-electron chi connectivity index (χ2n) is 3.64. The fourth-order valence-corrected chi connectivity index (χ4v) is 1.97. The summed E-state index contributed by atoms with van der Waals surface area (Å²) in [7, 11) is 0. The van der Waals surface area contributed by atoms with E-state index in [0.717, 1.165) is 22.0 Å². The van der Waals surface area contributed by atoms with Gasteiger partial charge in [-0.3, -0.25) is 4.99 Å². The smallest absolute Gasteiger partial charge is 0.125 e. The van der Waals surface area contributed by atoms with E-state index in [1.807, 2.05) is 12.1 Å². The Bertz CT molecular complexity index is 570. The molecule has 2 aromatic rings. The van der Waals surface area contributed by atoms with Crippen LogP contribution in [0.2, 0.25) is 0 Å². The van der Waals surface area contributed by atoms with Crippen molar-refractivity contribution >= 4 is 22.7 Å². The van der Waals surface area contributed by atoms with Crippen LogP contribution < -0.4 is 0 Å². The number of nitrogens with zero attached hydrogens (tertiary/aromatic N) is 1. The summed E-state index contributed by atoms with van der Waals surface area (Å²) < 4.78 is 0. The Morgan fingerprint density at radius 1 is 1.21 bits per heavy atom. The molecule has 0 atom stereocenters. The molecule has 0 spiro atoms. The highest BCUT2D eigenvalue weighted by atomic mass is 16.3. The van der Waals surface area contributed by atoms with E-state index >= 15 is 0 Å². The van der Waals surface area contributed by atoms with E-state index in [0.29, 0.717) is 5.75 Å². The van der Waals surface area contributed by atoms with Crippen molar-refractivity contribution < 1.29 is 5.11 Å². The minimum Gasteiger partial charge on any atom is -0.507 e. The first-order valence-electron chi connectivity index (χ1n) is 4.56. The first-order valence-corrected chi connectivity index (χ1v) is 4.56. The number of hydrogen-bond acceptors (Lipinski definition) is 2. The third-order valence-corrected chi connectivity index (χ3v) is 2.59. The fourth-order valence-electron chi connectivity index (χ4n) is 1.97. The Labute approximate surface area is 81.5 Å². The van der Waals surface area contributed by atoms with Gasteiger partial charge in [0, 0.05) is 17.2 Å². The van der Waals surface area contributed by atoms with Crippen LogP contribution in [0.1, 0.15) is 11.1 Å². The number of phenolic OH excluding ortho intramolecular Hbond substituents is 1. The average molecular weight is 183 g/mol. The second-order valence-corrected chi connectivity index (χ2v) is 3.64. The van der Waals surface area contributed by atoms with Gasteiger partial charge in [0.05, 0.1) is 5.69 Å². The van der Waals surface area contributed by atoms with Gasteiger partial charge in [0.25, 0.3) is 0 Å². The first-order chi connectivity index (χ1) is 6.75. The third kappa shape index (κ3) is 0.826. The standard InChI is InChI=1S/C12H9NO/c1-7-4-8-2-3-11(14)9-6-13-10(5-7)12(8)9/h2-6,14H,1H3. The highest BCUT2D eigenvalue weighted by Crippen LogP contribution is 2.37. The Morgan fingerprint density at radius 2 is 2.07 bits per heavy atom. The molecule has 0 saturated heterocycles. The lowest BCUT2D eigenvalue weighted by Crippen LogP contribution is -1.81. The number of aryl methyl sites for hydroxylation is 1. The molecule has 1 aliphatic heterocycles. The summed E-state index contributed by atoms with van der Waals surface area (Å²) >= 11 is 0. The van der Waals surface area contributed by atoms with Crippen molar-refractivity contribution in [3.63, 3.8) is 0 Å². The summed E-state index contributed by atoms with van der Waals surface area (Å²) in [6, 6.07) is 7.79. The van der Waals surface area contributed by atoms with Crippen LogP contribution in [0.4, 0.5) is 5.69 Å². The zero-order valence-corrected chi connectivity index (χ0v) is 7.78. The van der Waals surface area contributed by atoms with Crippen LogP contribution >= 0.6 is 0 Å². The van der Waals surface area contributed by atoms with Crippen molar-refractivity contribution in [2.75, 3.05) is 0 Å². The SMILES string of the molecule is Cc1cc2c3c(c(O)ccc3c1)C=N2. The van der Waals surface area contributed by atoms with Gasteiger partial charge in [-0.1, -0.05) is 12.1 Å². The van der Waals surface area contributed by atoms with E-state index in [2.05, 4.69) is 18.0 Å². The number of aromatic hydroxyl groups is 1. The third-order valence-electron chi connectivity index (χ3n) is 2.59. The molecule has 68 valence electrons. The molecule has 0 aromatic heterocycles.